The summed E-state index contributed by atoms with van der Waals surface area (Å²) in [6, 6.07) is 7.25. The first-order valence-electron chi connectivity index (χ1n) is 7.37. The molecule has 2 N–H and O–H groups in total. The lowest BCUT2D eigenvalue weighted by Crippen LogP contribution is -2.30. The lowest BCUT2D eigenvalue weighted by molar-refractivity contribution is -0.115. The summed E-state index contributed by atoms with van der Waals surface area (Å²) in [5.41, 5.74) is 0.730. The Morgan fingerprint density at radius 1 is 1.30 bits per heavy atom. The third-order valence-corrected chi connectivity index (χ3v) is 3.20. The van der Waals surface area contributed by atoms with Gasteiger partial charge in [-0.15, -0.1) is 0 Å². The molecule has 0 saturated carbocycles. The third-order valence-electron chi connectivity index (χ3n) is 3.20. The fraction of sp³-hybridized carbons (Fsp3) is 0.375. The maximum Gasteiger partial charge on any atom is 0.238 e. The average Bonchev–Trinajstić information content (AvgIpc) is 2.96. The van der Waals surface area contributed by atoms with Crippen LogP contribution in [0.5, 0.6) is 5.75 Å². The lowest BCUT2D eigenvalue weighted by atomic mass is 10.3. The Morgan fingerprint density at radius 2 is 2.09 bits per heavy atom. The number of hydrogen-bond acceptors (Lipinski definition) is 5. The minimum atomic E-state index is -0.0946. The molecule has 7 nitrogen and oxygen atoms in total. The first kappa shape index (κ1) is 17.0. The highest BCUT2D eigenvalue weighted by atomic mass is 16.5. The molecule has 0 saturated heterocycles. The highest BCUT2D eigenvalue weighted by Gasteiger charge is 2.03. The van der Waals surface area contributed by atoms with Crippen LogP contribution in [0.3, 0.4) is 0 Å². The van der Waals surface area contributed by atoms with Gasteiger partial charge in [0.2, 0.25) is 5.91 Å². The van der Waals surface area contributed by atoms with E-state index in [1.54, 1.807) is 25.4 Å². The molecule has 2 rings (SSSR count). The molecule has 0 unspecified atom stereocenters. The fourth-order valence-corrected chi connectivity index (χ4v) is 1.90. The third kappa shape index (κ3) is 5.72. The van der Waals surface area contributed by atoms with Crippen LogP contribution in [-0.4, -0.2) is 42.3 Å². The Morgan fingerprint density at radius 3 is 2.74 bits per heavy atom. The topological polar surface area (TPSA) is 77.4 Å². The zero-order valence-electron chi connectivity index (χ0n) is 13.4. The summed E-state index contributed by atoms with van der Waals surface area (Å²) in [6.45, 7) is 1.87. The van der Waals surface area contributed by atoms with E-state index in [0.29, 0.717) is 19.8 Å². The maximum atomic E-state index is 11.7. The Hall–Kier alpha value is -2.38. The first-order valence-corrected chi connectivity index (χ1v) is 7.37. The van der Waals surface area contributed by atoms with E-state index >= 15 is 0 Å². The molecule has 0 aliphatic rings. The van der Waals surface area contributed by atoms with E-state index in [9.17, 15) is 4.79 Å². The van der Waals surface area contributed by atoms with Gasteiger partial charge in [0.15, 0.2) is 0 Å². The second kappa shape index (κ2) is 8.92. The molecule has 1 aromatic heterocycles. The van der Waals surface area contributed by atoms with E-state index < -0.39 is 0 Å². The van der Waals surface area contributed by atoms with Crippen LogP contribution in [0.15, 0.2) is 36.7 Å². The fourth-order valence-electron chi connectivity index (χ4n) is 1.90. The van der Waals surface area contributed by atoms with Crippen molar-refractivity contribution in [3.05, 3.63) is 42.5 Å². The Balaban J connectivity index is 1.75. The number of hydrogen-bond donors (Lipinski definition) is 2. The quantitative estimate of drug-likeness (QED) is 0.679. The second-order valence-electron chi connectivity index (χ2n) is 4.99. The van der Waals surface area contributed by atoms with Gasteiger partial charge in [0.25, 0.3) is 0 Å². The summed E-state index contributed by atoms with van der Waals surface area (Å²) in [7, 11) is 3.55. The van der Waals surface area contributed by atoms with Crippen LogP contribution in [0.2, 0.25) is 0 Å². The van der Waals surface area contributed by atoms with E-state index in [4.69, 9.17) is 9.47 Å². The van der Waals surface area contributed by atoms with Crippen LogP contribution in [0.25, 0.3) is 0 Å². The monoisotopic (exact) mass is 318 g/mol. The number of methoxy groups -OCH3 is 1. The van der Waals surface area contributed by atoms with Crippen LogP contribution in [0.4, 0.5) is 5.69 Å². The number of ether oxygens (including phenoxy) is 2. The van der Waals surface area contributed by atoms with E-state index in [-0.39, 0.29) is 12.5 Å². The second-order valence-corrected chi connectivity index (χ2v) is 4.99. The van der Waals surface area contributed by atoms with Gasteiger partial charge in [-0.3, -0.25) is 4.79 Å². The predicted octanol–water partition coefficient (Wildman–Crippen LogP) is 1.17. The van der Waals surface area contributed by atoms with E-state index in [0.717, 1.165) is 17.3 Å². The summed E-state index contributed by atoms with van der Waals surface area (Å²) >= 11 is 0. The van der Waals surface area contributed by atoms with Crippen molar-refractivity contribution >= 4 is 11.6 Å². The number of imidazole rings is 1. The van der Waals surface area contributed by atoms with Gasteiger partial charge in [-0.25, -0.2) is 4.98 Å². The van der Waals surface area contributed by atoms with Crippen LogP contribution in [-0.2, 0) is 23.2 Å². The van der Waals surface area contributed by atoms with Gasteiger partial charge in [-0.2, -0.15) is 0 Å². The van der Waals surface area contributed by atoms with Gasteiger partial charge >= 0.3 is 0 Å². The SMILES string of the molecule is COCCNCC(=O)Nc1ccc(OCc2nccn2C)cc1. The largest absolute Gasteiger partial charge is 0.486 e. The molecule has 2 aromatic rings. The van der Waals surface area contributed by atoms with Crippen molar-refractivity contribution in [1.82, 2.24) is 14.9 Å². The minimum Gasteiger partial charge on any atom is -0.486 e. The zero-order chi connectivity index (χ0) is 16.5. The summed E-state index contributed by atoms with van der Waals surface area (Å²) in [5.74, 6) is 1.48. The molecule has 0 aliphatic heterocycles. The zero-order valence-corrected chi connectivity index (χ0v) is 13.4. The van der Waals surface area contributed by atoms with Gasteiger partial charge < -0.3 is 24.7 Å². The molecule has 1 heterocycles. The van der Waals surface area contributed by atoms with Crippen molar-refractivity contribution in [2.45, 2.75) is 6.61 Å². The summed E-state index contributed by atoms with van der Waals surface area (Å²) < 4.78 is 12.5. The Labute approximate surface area is 135 Å². The first-order chi connectivity index (χ1) is 11.2. The standard InChI is InChI=1S/C16H22N4O3/c1-20-9-7-18-15(20)12-23-14-5-3-13(4-6-14)19-16(21)11-17-8-10-22-2/h3-7,9,17H,8,10-12H2,1-2H3,(H,19,21). The van der Waals surface area contributed by atoms with Crippen LogP contribution in [0, 0.1) is 0 Å². The lowest BCUT2D eigenvalue weighted by Gasteiger charge is -2.09. The molecular formula is C16H22N4O3. The molecular weight excluding hydrogens is 296 g/mol. The average molecular weight is 318 g/mol. The van der Waals surface area contributed by atoms with Gasteiger partial charge in [0.1, 0.15) is 18.2 Å². The number of rotatable bonds is 9. The highest BCUT2D eigenvalue weighted by Crippen LogP contribution is 2.16. The molecule has 1 amide bonds. The number of carbonyl (C=O) groups excluding carboxylic acids is 1. The molecule has 0 radical (unpaired) electrons. The van der Waals surface area contributed by atoms with Crippen LogP contribution < -0.4 is 15.4 Å². The smallest absolute Gasteiger partial charge is 0.238 e. The Bertz CT molecular complexity index is 610. The summed E-state index contributed by atoms with van der Waals surface area (Å²) in [6.07, 6.45) is 3.61. The van der Waals surface area contributed by atoms with Crippen LogP contribution >= 0.6 is 0 Å². The number of anilines is 1. The van der Waals surface area contributed by atoms with E-state index in [2.05, 4.69) is 15.6 Å². The summed E-state index contributed by atoms with van der Waals surface area (Å²) in [4.78, 5) is 15.9. The number of carbonyl (C=O) groups is 1. The van der Waals surface area contributed by atoms with Crippen molar-refractivity contribution in [3.63, 3.8) is 0 Å². The highest BCUT2D eigenvalue weighted by molar-refractivity contribution is 5.92. The van der Waals surface area contributed by atoms with Crippen molar-refractivity contribution < 1.29 is 14.3 Å². The number of nitrogens with one attached hydrogen (secondary N) is 2. The number of aromatic nitrogens is 2. The number of benzene rings is 1. The van der Waals surface area contributed by atoms with E-state index in [1.165, 1.54) is 0 Å². The summed E-state index contributed by atoms with van der Waals surface area (Å²) in [5, 5.41) is 5.80. The van der Waals surface area contributed by atoms with Crippen molar-refractivity contribution in [2.24, 2.45) is 7.05 Å². The molecule has 23 heavy (non-hydrogen) atoms. The number of amides is 1. The molecule has 124 valence electrons. The van der Waals surface area contributed by atoms with Crippen molar-refractivity contribution in [3.8, 4) is 5.75 Å². The molecule has 0 fully saturated rings. The van der Waals surface area contributed by atoms with Crippen LogP contribution in [0.1, 0.15) is 5.82 Å². The van der Waals surface area contributed by atoms with E-state index in [1.807, 2.05) is 29.9 Å². The predicted molar refractivity (Wildman–Crippen MR) is 87.4 cm³/mol. The molecule has 0 atom stereocenters. The van der Waals surface area contributed by atoms with Gasteiger partial charge in [-0.1, -0.05) is 0 Å². The molecule has 0 spiro atoms. The molecule has 1 aromatic carbocycles. The molecule has 0 aliphatic carbocycles. The molecule has 7 heteroatoms. The van der Waals surface area contributed by atoms with Gasteiger partial charge in [0, 0.05) is 38.8 Å². The normalized spacial score (nSPS) is 10.5. The van der Waals surface area contributed by atoms with Crippen molar-refractivity contribution in [2.75, 3.05) is 32.1 Å². The van der Waals surface area contributed by atoms with Crippen molar-refractivity contribution in [1.29, 1.82) is 0 Å². The van der Waals surface area contributed by atoms with Gasteiger partial charge in [-0.05, 0) is 24.3 Å². The number of nitrogens with zero attached hydrogens (tertiary/aromatic N) is 2. The Kier molecular flexibility index (Phi) is 6.58. The van der Waals surface area contributed by atoms with Gasteiger partial charge in [0.05, 0.1) is 13.2 Å². The minimum absolute atomic E-state index is 0.0946. The molecule has 0 bridgehead atoms. The maximum absolute atomic E-state index is 11.7. The number of aryl methyl sites for hydroxylation is 1.